The normalized spacial score (nSPS) is 14.2. The van der Waals surface area contributed by atoms with Crippen molar-refractivity contribution in [1.82, 2.24) is 0 Å². The SMILES string of the molecule is CCCC[O][Ti]([O]CCCC)([O]CCCC)[O][Si](OC(C)(C)C)(OC(C)(C)C)OC(C)(C)C. The average molecular weight is 531 g/mol. The zero-order chi connectivity index (χ0) is 25.8. The fourth-order valence-electron chi connectivity index (χ4n) is 2.64. The molecule has 0 spiro atoms. The van der Waals surface area contributed by atoms with Gasteiger partial charge in [-0.15, -0.1) is 0 Å². The Balaban J connectivity index is 6.45. The van der Waals surface area contributed by atoms with Crippen LogP contribution in [0.4, 0.5) is 0 Å². The molecule has 7 nitrogen and oxygen atoms in total. The quantitative estimate of drug-likeness (QED) is 0.146. The van der Waals surface area contributed by atoms with Gasteiger partial charge in [-0.05, 0) is 0 Å². The second kappa shape index (κ2) is 15.0. The Kier molecular flexibility index (Phi) is 15.3. The molecular formula is C24H54O7SiTi. The third-order valence-electron chi connectivity index (χ3n) is 3.87. The molecule has 0 atom stereocenters. The van der Waals surface area contributed by atoms with Crippen molar-refractivity contribution in [3.63, 3.8) is 0 Å². The maximum absolute atomic E-state index is 6.79. The molecule has 0 radical (unpaired) electrons. The van der Waals surface area contributed by atoms with Crippen molar-refractivity contribution < 1.29 is 44.4 Å². The van der Waals surface area contributed by atoms with Gasteiger partial charge in [0.15, 0.2) is 0 Å². The molecule has 0 aromatic heterocycles. The van der Waals surface area contributed by atoms with Crippen LogP contribution in [0.2, 0.25) is 0 Å². The first-order valence-corrected chi connectivity index (χ1v) is 16.9. The fraction of sp³-hybridized carbons (Fsp3) is 1.00. The molecule has 0 aromatic carbocycles. The van der Waals surface area contributed by atoms with Gasteiger partial charge in [-0.3, -0.25) is 0 Å². The number of unbranched alkanes of at least 4 members (excludes halogenated alkanes) is 3. The van der Waals surface area contributed by atoms with Crippen molar-refractivity contribution >= 4 is 9.05 Å². The van der Waals surface area contributed by atoms with E-state index in [4.69, 9.17) is 26.2 Å². The molecule has 0 aliphatic heterocycles. The summed E-state index contributed by atoms with van der Waals surface area (Å²) in [5, 5.41) is 0. The molecule has 200 valence electrons. The predicted octanol–water partition coefficient (Wildman–Crippen LogP) is 7.15. The van der Waals surface area contributed by atoms with Crippen molar-refractivity contribution in [2.75, 3.05) is 19.8 Å². The van der Waals surface area contributed by atoms with E-state index in [1.165, 1.54) is 0 Å². The molecule has 0 aliphatic carbocycles. The van der Waals surface area contributed by atoms with E-state index in [9.17, 15) is 0 Å². The van der Waals surface area contributed by atoms with Gasteiger partial charge >= 0.3 is 212 Å². The molecule has 0 saturated heterocycles. The van der Waals surface area contributed by atoms with E-state index in [-0.39, 0.29) is 0 Å². The Bertz CT molecular complexity index is 445. The van der Waals surface area contributed by atoms with Crippen molar-refractivity contribution in [3.05, 3.63) is 0 Å². The molecule has 0 aliphatic rings. The molecule has 0 heterocycles. The van der Waals surface area contributed by atoms with Gasteiger partial charge in [0.1, 0.15) is 0 Å². The third-order valence-corrected chi connectivity index (χ3v) is 11.9. The summed E-state index contributed by atoms with van der Waals surface area (Å²) in [5.74, 6) is 0. The van der Waals surface area contributed by atoms with E-state index >= 15 is 0 Å². The minimum atomic E-state index is -4.31. The zero-order valence-electron chi connectivity index (χ0n) is 23.7. The second-order valence-corrected chi connectivity index (χ2v) is 17.0. The van der Waals surface area contributed by atoms with Gasteiger partial charge in [0, 0.05) is 0 Å². The van der Waals surface area contributed by atoms with Crippen LogP contribution in [0.1, 0.15) is 122 Å². The Morgan fingerprint density at radius 3 is 1.00 bits per heavy atom. The van der Waals surface area contributed by atoms with Crippen LogP contribution in [0.25, 0.3) is 0 Å². The van der Waals surface area contributed by atoms with E-state index in [0.29, 0.717) is 19.8 Å². The van der Waals surface area contributed by atoms with Crippen molar-refractivity contribution in [2.24, 2.45) is 0 Å². The summed E-state index contributed by atoms with van der Waals surface area (Å²) in [6, 6.07) is 0. The summed E-state index contributed by atoms with van der Waals surface area (Å²) in [4.78, 5) is 0. The van der Waals surface area contributed by atoms with Crippen LogP contribution in [-0.2, 0) is 44.4 Å². The van der Waals surface area contributed by atoms with Crippen molar-refractivity contribution in [3.8, 4) is 0 Å². The number of hydrogen-bond donors (Lipinski definition) is 0. The van der Waals surface area contributed by atoms with Crippen molar-refractivity contribution in [1.29, 1.82) is 0 Å². The van der Waals surface area contributed by atoms with E-state index in [1.807, 2.05) is 62.3 Å². The summed E-state index contributed by atoms with van der Waals surface area (Å²) in [6.45, 7) is 25.6. The minimum absolute atomic E-state index is 0.500. The zero-order valence-corrected chi connectivity index (χ0v) is 26.3. The molecular weight excluding hydrogens is 476 g/mol. The standard InChI is InChI=1S/C12H27O4Si.3C4H9O.Ti/c1-10(2,3)14-17(13,15-11(4,5)6)16-12(7,8)9;3*1-2-3-4-5;/h1-9H3;3*2-4H2,1H3;/q4*-1;+4. The van der Waals surface area contributed by atoms with Crippen LogP contribution in [0.5, 0.6) is 0 Å². The molecule has 0 amide bonds. The first-order valence-electron chi connectivity index (χ1n) is 12.7. The van der Waals surface area contributed by atoms with Crippen LogP contribution in [-0.4, -0.2) is 45.7 Å². The molecule has 0 rings (SSSR count). The third kappa shape index (κ3) is 16.9. The first kappa shape index (κ1) is 33.7. The summed E-state index contributed by atoms with van der Waals surface area (Å²) in [6.07, 6.45) is 5.67. The van der Waals surface area contributed by atoms with E-state index < -0.39 is 44.0 Å². The second-order valence-electron chi connectivity index (χ2n) is 11.4. The van der Waals surface area contributed by atoms with Crippen LogP contribution >= 0.6 is 0 Å². The Hall–Kier alpha value is 0.651. The Morgan fingerprint density at radius 2 is 0.788 bits per heavy atom. The monoisotopic (exact) mass is 530 g/mol. The summed E-state index contributed by atoms with van der Waals surface area (Å²) in [7, 11) is -3.81. The van der Waals surface area contributed by atoms with Gasteiger partial charge < -0.3 is 0 Å². The molecule has 0 bridgehead atoms. The van der Waals surface area contributed by atoms with Gasteiger partial charge in [-0.25, -0.2) is 0 Å². The average Bonchev–Trinajstić information content (AvgIpc) is 2.57. The predicted molar refractivity (Wildman–Crippen MR) is 132 cm³/mol. The molecule has 0 fully saturated rings. The van der Waals surface area contributed by atoms with Gasteiger partial charge in [-0.1, -0.05) is 0 Å². The first-order chi connectivity index (χ1) is 15.0. The van der Waals surface area contributed by atoms with Crippen LogP contribution < -0.4 is 0 Å². The number of hydrogen-bond acceptors (Lipinski definition) is 7. The van der Waals surface area contributed by atoms with Crippen LogP contribution in [0, 0.1) is 0 Å². The summed E-state index contributed by atoms with van der Waals surface area (Å²) >= 11 is -4.31. The molecule has 0 saturated carbocycles. The van der Waals surface area contributed by atoms with E-state index in [2.05, 4.69) is 20.8 Å². The van der Waals surface area contributed by atoms with Gasteiger partial charge in [0.2, 0.25) is 0 Å². The molecule has 33 heavy (non-hydrogen) atoms. The molecule has 0 unspecified atom stereocenters. The van der Waals surface area contributed by atoms with E-state index in [0.717, 1.165) is 38.5 Å². The fourth-order valence-corrected chi connectivity index (χ4v) is 10.7. The van der Waals surface area contributed by atoms with E-state index in [1.54, 1.807) is 0 Å². The van der Waals surface area contributed by atoms with Crippen molar-refractivity contribution in [2.45, 2.75) is 138 Å². The summed E-state index contributed by atoms with van der Waals surface area (Å²) < 4.78 is 45.5. The Labute approximate surface area is 211 Å². The maximum atomic E-state index is 6.79. The number of rotatable bonds is 17. The van der Waals surface area contributed by atoms with Crippen LogP contribution in [0.3, 0.4) is 0 Å². The summed E-state index contributed by atoms with van der Waals surface area (Å²) in [5.41, 5.74) is -1.73. The van der Waals surface area contributed by atoms with Crippen LogP contribution in [0.15, 0.2) is 0 Å². The topological polar surface area (TPSA) is 64.6 Å². The van der Waals surface area contributed by atoms with Gasteiger partial charge in [0.25, 0.3) is 0 Å². The van der Waals surface area contributed by atoms with Gasteiger partial charge in [0.05, 0.1) is 0 Å². The molecule has 9 heteroatoms. The Morgan fingerprint density at radius 1 is 0.515 bits per heavy atom. The molecule has 0 aromatic rings. The van der Waals surface area contributed by atoms with Gasteiger partial charge in [-0.2, -0.15) is 0 Å². The molecule has 0 N–H and O–H groups in total.